The van der Waals surface area contributed by atoms with E-state index in [1.807, 2.05) is 11.8 Å². The van der Waals surface area contributed by atoms with E-state index in [4.69, 9.17) is 5.21 Å². The van der Waals surface area contributed by atoms with E-state index >= 15 is 0 Å². The van der Waals surface area contributed by atoms with Gasteiger partial charge in [-0.2, -0.15) is 11.8 Å². The summed E-state index contributed by atoms with van der Waals surface area (Å²) in [6.45, 7) is 0. The topological polar surface area (TPSA) is 73.7 Å². The summed E-state index contributed by atoms with van der Waals surface area (Å²) in [4.78, 5) is 11.1. The van der Waals surface area contributed by atoms with Crippen LogP contribution in [0.4, 0.5) is 4.79 Å². The fourth-order valence-electron chi connectivity index (χ4n) is 2.28. The van der Waals surface area contributed by atoms with Crippen molar-refractivity contribution in [1.82, 2.24) is 10.6 Å². The molecule has 3 atom stereocenters. The number of hydrogen-bond donors (Lipinski definition) is 3. The van der Waals surface area contributed by atoms with Gasteiger partial charge in [-0.1, -0.05) is 6.42 Å². The van der Waals surface area contributed by atoms with Crippen LogP contribution in [-0.4, -0.2) is 40.5 Å². The molecule has 5 nitrogen and oxygen atoms in total. The molecule has 90 valence electrons. The summed E-state index contributed by atoms with van der Waals surface area (Å²) in [7, 11) is 0. The van der Waals surface area contributed by atoms with Crippen molar-refractivity contribution in [1.29, 1.82) is 0 Å². The molecule has 0 spiro atoms. The maximum Gasteiger partial charge on any atom is 0.315 e. The van der Waals surface area contributed by atoms with Crippen LogP contribution in [0.2, 0.25) is 0 Å². The molecule has 6 heteroatoms. The van der Waals surface area contributed by atoms with E-state index in [0.29, 0.717) is 17.3 Å². The second kappa shape index (κ2) is 5.43. The Labute approximate surface area is 99.0 Å². The molecule has 2 saturated heterocycles. The van der Waals surface area contributed by atoms with Gasteiger partial charge in [-0.15, -0.1) is 5.16 Å². The molecule has 2 fully saturated rings. The van der Waals surface area contributed by atoms with Crippen LogP contribution in [0.15, 0.2) is 5.16 Å². The molecular formula is C10H17N3O2S. The smallest absolute Gasteiger partial charge is 0.315 e. The van der Waals surface area contributed by atoms with Crippen LogP contribution < -0.4 is 10.6 Å². The number of nitrogens with zero attached hydrogens (tertiary/aromatic N) is 1. The first-order chi connectivity index (χ1) is 7.81. The molecule has 3 N–H and O–H groups in total. The van der Waals surface area contributed by atoms with Crippen LogP contribution >= 0.6 is 11.8 Å². The summed E-state index contributed by atoms with van der Waals surface area (Å²) < 4.78 is 0. The molecule has 0 unspecified atom stereocenters. The normalized spacial score (nSPS) is 32.8. The van der Waals surface area contributed by atoms with Gasteiger partial charge in [-0.3, -0.25) is 0 Å². The van der Waals surface area contributed by atoms with Crippen LogP contribution in [-0.2, 0) is 0 Å². The van der Waals surface area contributed by atoms with Crippen molar-refractivity contribution in [2.45, 2.75) is 43.0 Å². The van der Waals surface area contributed by atoms with Crippen LogP contribution in [0.3, 0.4) is 0 Å². The van der Waals surface area contributed by atoms with Crippen molar-refractivity contribution in [2.75, 3.05) is 5.75 Å². The van der Waals surface area contributed by atoms with Crippen molar-refractivity contribution < 1.29 is 10.0 Å². The minimum Gasteiger partial charge on any atom is -0.411 e. The number of hydrogen-bond acceptors (Lipinski definition) is 4. The van der Waals surface area contributed by atoms with Crippen molar-refractivity contribution in [3.8, 4) is 0 Å². The summed E-state index contributed by atoms with van der Waals surface area (Å²) in [5.74, 6) is 1.02. The van der Waals surface area contributed by atoms with Crippen molar-refractivity contribution in [2.24, 2.45) is 5.16 Å². The molecule has 2 amide bonds. The van der Waals surface area contributed by atoms with Gasteiger partial charge in [-0.05, 0) is 19.3 Å². The zero-order chi connectivity index (χ0) is 11.4. The lowest BCUT2D eigenvalue weighted by atomic mass is 10.0. The maximum absolute atomic E-state index is 11.1. The van der Waals surface area contributed by atoms with Crippen LogP contribution in [0.1, 0.15) is 25.7 Å². The number of carbonyl (C=O) groups is 1. The largest absolute Gasteiger partial charge is 0.411 e. The molecule has 0 radical (unpaired) electrons. The van der Waals surface area contributed by atoms with Crippen molar-refractivity contribution in [3.63, 3.8) is 0 Å². The van der Waals surface area contributed by atoms with E-state index in [1.54, 1.807) is 0 Å². The Morgan fingerprint density at radius 2 is 2.38 bits per heavy atom. The molecule has 16 heavy (non-hydrogen) atoms. The Morgan fingerprint density at radius 3 is 3.19 bits per heavy atom. The maximum atomic E-state index is 11.1. The first-order valence-corrected chi connectivity index (χ1v) is 6.70. The number of oxime groups is 1. The van der Waals surface area contributed by atoms with Crippen LogP contribution in [0.5, 0.6) is 0 Å². The minimum atomic E-state index is -0.0206. The van der Waals surface area contributed by atoms with Gasteiger partial charge in [0.15, 0.2) is 0 Å². The summed E-state index contributed by atoms with van der Waals surface area (Å²) in [5.41, 5.74) is 0. The molecular weight excluding hydrogens is 226 g/mol. The Bertz CT molecular complexity index is 285. The Balaban J connectivity index is 1.68. The van der Waals surface area contributed by atoms with E-state index in [-0.39, 0.29) is 6.03 Å². The summed E-state index contributed by atoms with van der Waals surface area (Å²) in [6.07, 6.45) is 5.63. The third-order valence-corrected chi connectivity index (χ3v) is 4.60. The van der Waals surface area contributed by atoms with Crippen LogP contribution in [0, 0.1) is 0 Å². The number of unbranched alkanes of at least 4 members (excludes halogenated alkanes) is 2. The SMILES string of the molecule is O=C1N[C@H]2[C@H](CS[C@H]2CCCCC=NO)N1. The zero-order valence-electron chi connectivity index (χ0n) is 9.06. The standard InChI is InChI=1S/C10H17N3O2S/c14-10-12-7-6-16-8(9(7)13-10)4-2-1-3-5-11-15/h5,7-9,15H,1-4,6H2,(H2,12,13,14)/t7-,8-,9-/m0/s1. The van der Waals surface area contributed by atoms with E-state index in [1.165, 1.54) is 6.21 Å². The quantitative estimate of drug-likeness (QED) is 0.223. The molecule has 2 aliphatic heterocycles. The second-order valence-corrected chi connectivity index (χ2v) is 5.48. The number of thioether (sulfide) groups is 1. The average Bonchev–Trinajstić information content (AvgIpc) is 2.78. The molecule has 0 aromatic rings. The molecule has 0 saturated carbocycles. The first kappa shape index (κ1) is 11.6. The summed E-state index contributed by atoms with van der Waals surface area (Å²) in [6, 6.07) is 0.609. The number of amides is 2. The second-order valence-electron chi connectivity index (χ2n) is 4.20. The fraction of sp³-hybridized carbons (Fsp3) is 0.800. The third-order valence-electron chi connectivity index (χ3n) is 3.09. The van der Waals surface area contributed by atoms with E-state index in [0.717, 1.165) is 31.4 Å². The highest BCUT2D eigenvalue weighted by atomic mass is 32.2. The van der Waals surface area contributed by atoms with Crippen molar-refractivity contribution in [3.05, 3.63) is 0 Å². The molecule has 0 aromatic heterocycles. The van der Waals surface area contributed by atoms with E-state index < -0.39 is 0 Å². The van der Waals surface area contributed by atoms with E-state index in [2.05, 4.69) is 15.8 Å². The lowest BCUT2D eigenvalue weighted by Crippen LogP contribution is -2.36. The summed E-state index contributed by atoms with van der Waals surface area (Å²) in [5, 5.41) is 17.7. The minimum absolute atomic E-state index is 0.0206. The van der Waals surface area contributed by atoms with Gasteiger partial charge in [-0.25, -0.2) is 4.79 Å². The van der Waals surface area contributed by atoms with Gasteiger partial charge in [0.1, 0.15) is 0 Å². The number of carbonyl (C=O) groups excluding carboxylic acids is 1. The highest BCUT2D eigenvalue weighted by molar-refractivity contribution is 8.00. The molecule has 2 aliphatic rings. The molecule has 0 aliphatic carbocycles. The first-order valence-electron chi connectivity index (χ1n) is 5.66. The number of fused-ring (bicyclic) bond motifs is 1. The zero-order valence-corrected chi connectivity index (χ0v) is 9.87. The average molecular weight is 243 g/mol. The predicted octanol–water partition coefficient (Wildman–Crippen LogP) is 1.17. The molecule has 2 heterocycles. The molecule has 0 bridgehead atoms. The van der Waals surface area contributed by atoms with Gasteiger partial charge >= 0.3 is 6.03 Å². The Hall–Kier alpha value is -0.910. The van der Waals surface area contributed by atoms with Gasteiger partial charge in [0.2, 0.25) is 0 Å². The Morgan fingerprint density at radius 1 is 1.50 bits per heavy atom. The van der Waals surface area contributed by atoms with Gasteiger partial charge < -0.3 is 15.8 Å². The number of nitrogens with one attached hydrogen (secondary N) is 2. The van der Waals surface area contributed by atoms with Gasteiger partial charge in [0.05, 0.1) is 12.1 Å². The highest BCUT2D eigenvalue weighted by Gasteiger charge is 2.42. The lowest BCUT2D eigenvalue weighted by Gasteiger charge is -2.16. The lowest BCUT2D eigenvalue weighted by molar-refractivity contribution is 0.247. The van der Waals surface area contributed by atoms with Crippen molar-refractivity contribution >= 4 is 24.0 Å². The molecule has 0 aromatic carbocycles. The third kappa shape index (κ3) is 2.61. The van der Waals surface area contributed by atoms with Crippen LogP contribution in [0.25, 0.3) is 0 Å². The van der Waals surface area contributed by atoms with Gasteiger partial charge in [0.25, 0.3) is 0 Å². The van der Waals surface area contributed by atoms with E-state index in [9.17, 15) is 4.79 Å². The number of rotatable bonds is 5. The summed E-state index contributed by atoms with van der Waals surface area (Å²) >= 11 is 1.94. The highest BCUT2D eigenvalue weighted by Crippen LogP contribution is 2.33. The van der Waals surface area contributed by atoms with Gasteiger partial charge in [0, 0.05) is 17.2 Å². The Kier molecular flexibility index (Phi) is 3.93. The fourth-order valence-corrected chi connectivity index (χ4v) is 3.83. The monoisotopic (exact) mass is 243 g/mol. The number of urea groups is 1. The predicted molar refractivity (Wildman–Crippen MR) is 64.2 cm³/mol. The molecule has 2 rings (SSSR count).